The highest BCUT2D eigenvalue weighted by Crippen LogP contribution is 1.99. The third-order valence-electron chi connectivity index (χ3n) is 0.811. The smallest absolute Gasteiger partial charge is 0.0959 e. The molecule has 0 aromatic rings. The largest absolute Gasteiger partial charge is 0.328 e. The van der Waals surface area contributed by atoms with Crippen LogP contribution in [0.1, 0.15) is 13.8 Å². The molecule has 0 bridgehead atoms. The van der Waals surface area contributed by atoms with Crippen LogP contribution in [0.15, 0.2) is 0 Å². The molecule has 0 aliphatic rings. The molecule has 0 aliphatic carbocycles. The van der Waals surface area contributed by atoms with Crippen LogP contribution in [-0.4, -0.2) is 12.1 Å². The Morgan fingerprint density at radius 2 is 2.00 bits per heavy atom. The molecule has 44 valence electrons. The Kier molecular flexibility index (Phi) is 2.22. The molecule has 0 aliphatic heterocycles. The molecule has 0 atom stereocenters. The molecular formula is C4H12N2O. The van der Waals surface area contributed by atoms with E-state index in [0.29, 0.717) is 6.54 Å². The molecule has 0 saturated heterocycles. The lowest BCUT2D eigenvalue weighted by molar-refractivity contribution is -0.0119. The Morgan fingerprint density at radius 1 is 1.57 bits per heavy atom. The molecule has 4 N–H and O–H groups in total. The lowest BCUT2D eigenvalue weighted by Crippen LogP contribution is -2.36. The van der Waals surface area contributed by atoms with Crippen molar-refractivity contribution >= 4 is 0 Å². The Labute approximate surface area is 43.6 Å². The van der Waals surface area contributed by atoms with Crippen molar-refractivity contribution in [3.05, 3.63) is 0 Å². The highest BCUT2D eigenvalue weighted by molar-refractivity contribution is 4.66. The van der Waals surface area contributed by atoms with Crippen molar-refractivity contribution in [3.63, 3.8) is 0 Å². The molecule has 0 aromatic carbocycles. The van der Waals surface area contributed by atoms with Crippen LogP contribution in [0.3, 0.4) is 0 Å². The Bertz CT molecular complexity index is 47.7. The summed E-state index contributed by atoms with van der Waals surface area (Å²) in [5, 5.41) is 0. The van der Waals surface area contributed by atoms with Crippen LogP contribution >= 0.6 is 0 Å². The van der Waals surface area contributed by atoms with E-state index in [4.69, 9.17) is 11.6 Å². The molecule has 0 amide bonds. The van der Waals surface area contributed by atoms with Gasteiger partial charge in [0.25, 0.3) is 0 Å². The van der Waals surface area contributed by atoms with Crippen molar-refractivity contribution in [2.24, 2.45) is 11.6 Å². The van der Waals surface area contributed by atoms with Crippen LogP contribution in [0.25, 0.3) is 0 Å². The maximum atomic E-state index is 5.21. The van der Waals surface area contributed by atoms with Gasteiger partial charge in [0.15, 0.2) is 0 Å². The van der Waals surface area contributed by atoms with Gasteiger partial charge in [-0.05, 0) is 13.8 Å². The third kappa shape index (κ3) is 2.56. The van der Waals surface area contributed by atoms with Crippen LogP contribution in [0.4, 0.5) is 0 Å². The molecule has 3 heteroatoms. The van der Waals surface area contributed by atoms with E-state index in [0.717, 1.165) is 0 Å². The molecule has 0 saturated carbocycles. The van der Waals surface area contributed by atoms with Gasteiger partial charge >= 0.3 is 0 Å². The van der Waals surface area contributed by atoms with Gasteiger partial charge in [-0.15, -0.1) is 0 Å². The molecule has 0 aromatic heterocycles. The minimum Gasteiger partial charge on any atom is -0.328 e. The summed E-state index contributed by atoms with van der Waals surface area (Å²) >= 11 is 0. The van der Waals surface area contributed by atoms with Crippen molar-refractivity contribution < 1.29 is 4.84 Å². The maximum absolute atomic E-state index is 5.21. The predicted octanol–water partition coefficient (Wildman–Crippen LogP) is -0.386. The van der Waals surface area contributed by atoms with Gasteiger partial charge in [-0.2, -0.15) is 0 Å². The first kappa shape index (κ1) is 6.88. The Balaban J connectivity index is 3.36. The molecule has 3 nitrogen and oxygen atoms in total. The van der Waals surface area contributed by atoms with Crippen LogP contribution in [0.5, 0.6) is 0 Å². The van der Waals surface area contributed by atoms with Gasteiger partial charge in [0, 0.05) is 6.54 Å². The standard InChI is InChI=1S/C4H12N2O/c1-4(2,3-5)7-6/h3,5-6H2,1-2H3. The van der Waals surface area contributed by atoms with Crippen LogP contribution < -0.4 is 11.6 Å². The summed E-state index contributed by atoms with van der Waals surface area (Å²) in [5.74, 6) is 4.84. The molecule has 0 radical (unpaired) electrons. The topological polar surface area (TPSA) is 61.3 Å². The average molecular weight is 104 g/mol. The van der Waals surface area contributed by atoms with Gasteiger partial charge < -0.3 is 5.73 Å². The fourth-order valence-electron chi connectivity index (χ4n) is 0.0481. The highest BCUT2D eigenvalue weighted by Gasteiger charge is 2.12. The van der Waals surface area contributed by atoms with Crippen LogP contribution in [-0.2, 0) is 4.84 Å². The van der Waals surface area contributed by atoms with Crippen molar-refractivity contribution in [3.8, 4) is 0 Å². The fourth-order valence-corrected chi connectivity index (χ4v) is 0.0481. The van der Waals surface area contributed by atoms with Crippen molar-refractivity contribution in [1.82, 2.24) is 0 Å². The first-order chi connectivity index (χ1) is 3.12. The lowest BCUT2D eigenvalue weighted by atomic mass is 10.1. The number of hydrogen-bond acceptors (Lipinski definition) is 3. The molecular weight excluding hydrogens is 92.1 g/mol. The maximum Gasteiger partial charge on any atom is 0.0959 e. The molecule has 0 heterocycles. The zero-order valence-corrected chi connectivity index (χ0v) is 4.77. The second-order valence-corrected chi connectivity index (χ2v) is 2.08. The first-order valence-corrected chi connectivity index (χ1v) is 2.20. The monoisotopic (exact) mass is 104 g/mol. The molecule has 0 rings (SSSR count). The van der Waals surface area contributed by atoms with E-state index in [2.05, 4.69) is 4.84 Å². The predicted molar refractivity (Wildman–Crippen MR) is 28.4 cm³/mol. The minimum absolute atomic E-state index is 0.361. The van der Waals surface area contributed by atoms with E-state index in [1.54, 1.807) is 0 Å². The van der Waals surface area contributed by atoms with Gasteiger partial charge in [0.2, 0.25) is 0 Å². The summed E-state index contributed by atoms with van der Waals surface area (Å²) in [6.45, 7) is 4.10. The second kappa shape index (κ2) is 2.26. The average Bonchev–Trinajstić information content (AvgIpc) is 1.68. The van der Waals surface area contributed by atoms with E-state index in [1.165, 1.54) is 0 Å². The summed E-state index contributed by atoms with van der Waals surface area (Å²) < 4.78 is 0. The van der Waals surface area contributed by atoms with E-state index < -0.39 is 0 Å². The van der Waals surface area contributed by atoms with Crippen LogP contribution in [0, 0.1) is 0 Å². The number of nitrogens with two attached hydrogens (primary N) is 2. The van der Waals surface area contributed by atoms with Gasteiger partial charge in [-0.25, -0.2) is 5.90 Å². The lowest BCUT2D eigenvalue weighted by Gasteiger charge is -2.17. The number of hydrogen-bond donors (Lipinski definition) is 2. The SMILES string of the molecule is CC(C)(CN)ON. The van der Waals surface area contributed by atoms with E-state index in [-0.39, 0.29) is 5.60 Å². The normalized spacial score (nSPS) is 12.0. The highest BCUT2D eigenvalue weighted by atomic mass is 16.6. The van der Waals surface area contributed by atoms with Gasteiger partial charge in [0.05, 0.1) is 5.60 Å². The van der Waals surface area contributed by atoms with E-state index >= 15 is 0 Å². The quantitative estimate of drug-likeness (QED) is 0.469. The Morgan fingerprint density at radius 3 is 2.00 bits per heavy atom. The summed E-state index contributed by atoms with van der Waals surface area (Å²) in [6, 6.07) is 0. The first-order valence-electron chi connectivity index (χ1n) is 2.20. The second-order valence-electron chi connectivity index (χ2n) is 2.08. The van der Waals surface area contributed by atoms with Crippen LogP contribution in [0.2, 0.25) is 0 Å². The van der Waals surface area contributed by atoms with Gasteiger partial charge in [0.1, 0.15) is 0 Å². The van der Waals surface area contributed by atoms with Gasteiger partial charge in [-0.3, -0.25) is 4.84 Å². The van der Waals surface area contributed by atoms with Crippen molar-refractivity contribution in [2.75, 3.05) is 6.54 Å². The fraction of sp³-hybridized carbons (Fsp3) is 1.00. The molecule has 0 spiro atoms. The van der Waals surface area contributed by atoms with Crippen molar-refractivity contribution in [1.29, 1.82) is 0 Å². The van der Waals surface area contributed by atoms with E-state index in [9.17, 15) is 0 Å². The van der Waals surface area contributed by atoms with Gasteiger partial charge in [-0.1, -0.05) is 0 Å². The minimum atomic E-state index is -0.361. The number of rotatable bonds is 2. The summed E-state index contributed by atoms with van der Waals surface area (Å²) in [4.78, 5) is 4.46. The molecule has 0 unspecified atom stereocenters. The Hall–Kier alpha value is -0.120. The summed E-state index contributed by atoms with van der Waals surface area (Å²) in [7, 11) is 0. The summed E-state index contributed by atoms with van der Waals surface area (Å²) in [6.07, 6.45) is 0. The molecule has 7 heavy (non-hydrogen) atoms. The van der Waals surface area contributed by atoms with Crippen molar-refractivity contribution in [2.45, 2.75) is 19.4 Å². The zero-order chi connectivity index (χ0) is 5.91. The third-order valence-corrected chi connectivity index (χ3v) is 0.811. The molecule has 0 fully saturated rings. The zero-order valence-electron chi connectivity index (χ0n) is 4.77. The van der Waals surface area contributed by atoms with E-state index in [1.807, 2.05) is 13.8 Å². The summed E-state index contributed by atoms with van der Waals surface area (Å²) in [5.41, 5.74) is 4.85.